The number of rotatable bonds is 3. The Balaban J connectivity index is 2.55. The van der Waals surface area contributed by atoms with Crippen LogP contribution in [0.3, 0.4) is 0 Å². The number of nitrogens with one attached hydrogen (secondary N) is 1. The maximum absolute atomic E-state index is 13.9. The zero-order valence-electron chi connectivity index (χ0n) is 10.4. The van der Waals surface area contributed by atoms with E-state index in [0.29, 0.717) is 21.1 Å². The molecular formula is C14H10BrClF3N. The lowest BCUT2D eigenvalue weighted by Crippen LogP contribution is -2.20. The summed E-state index contributed by atoms with van der Waals surface area (Å²) in [4.78, 5) is 0. The minimum absolute atomic E-state index is 0.0226. The van der Waals surface area contributed by atoms with Gasteiger partial charge < -0.3 is 5.32 Å². The predicted molar refractivity (Wildman–Crippen MR) is 76.4 cm³/mol. The van der Waals surface area contributed by atoms with E-state index in [2.05, 4.69) is 21.2 Å². The Hall–Kier alpha value is -1.04. The molecule has 0 aromatic heterocycles. The topological polar surface area (TPSA) is 12.0 Å². The molecule has 0 heterocycles. The first kappa shape index (κ1) is 15.4. The lowest BCUT2D eigenvalue weighted by atomic mass is 9.98. The van der Waals surface area contributed by atoms with Crippen LogP contribution in [0, 0.1) is 17.5 Å². The SMILES string of the molecule is CNC(c1cc(F)c(F)cc1F)c1ccc(Cl)cc1Br. The van der Waals surface area contributed by atoms with Crippen molar-refractivity contribution in [2.24, 2.45) is 0 Å². The van der Waals surface area contributed by atoms with Crippen molar-refractivity contribution in [3.8, 4) is 0 Å². The Morgan fingerprint density at radius 3 is 2.25 bits per heavy atom. The van der Waals surface area contributed by atoms with Gasteiger partial charge in [-0.25, -0.2) is 13.2 Å². The van der Waals surface area contributed by atoms with Gasteiger partial charge in [0.2, 0.25) is 0 Å². The maximum atomic E-state index is 13.9. The highest BCUT2D eigenvalue weighted by molar-refractivity contribution is 9.10. The Labute approximate surface area is 127 Å². The lowest BCUT2D eigenvalue weighted by Gasteiger charge is -2.19. The zero-order chi connectivity index (χ0) is 14.9. The molecule has 1 nitrogen and oxygen atoms in total. The minimum Gasteiger partial charge on any atom is -0.309 e. The molecule has 0 amide bonds. The monoisotopic (exact) mass is 363 g/mol. The molecule has 1 unspecified atom stereocenters. The predicted octanol–water partition coefficient (Wildman–Crippen LogP) is 4.83. The molecule has 1 N–H and O–H groups in total. The summed E-state index contributed by atoms with van der Waals surface area (Å²) in [6.07, 6.45) is 0. The van der Waals surface area contributed by atoms with E-state index in [1.807, 2.05) is 0 Å². The molecule has 0 bridgehead atoms. The highest BCUT2D eigenvalue weighted by Gasteiger charge is 2.21. The molecule has 0 saturated carbocycles. The van der Waals surface area contributed by atoms with Gasteiger partial charge >= 0.3 is 0 Å². The number of benzene rings is 2. The summed E-state index contributed by atoms with van der Waals surface area (Å²) in [6, 6.07) is 5.75. The molecular weight excluding hydrogens is 355 g/mol. The van der Waals surface area contributed by atoms with Gasteiger partial charge in [0, 0.05) is 21.1 Å². The third-order valence-corrected chi connectivity index (χ3v) is 3.83. The van der Waals surface area contributed by atoms with Crippen molar-refractivity contribution in [3.05, 3.63) is 68.4 Å². The van der Waals surface area contributed by atoms with Crippen LogP contribution in [0.25, 0.3) is 0 Å². The van der Waals surface area contributed by atoms with Crippen LogP contribution in [0.2, 0.25) is 5.02 Å². The smallest absolute Gasteiger partial charge is 0.161 e. The molecule has 2 aromatic carbocycles. The van der Waals surface area contributed by atoms with Gasteiger partial charge in [-0.3, -0.25) is 0 Å². The quantitative estimate of drug-likeness (QED) is 0.769. The Kier molecular flexibility index (Phi) is 4.73. The highest BCUT2D eigenvalue weighted by atomic mass is 79.9. The average molecular weight is 365 g/mol. The van der Waals surface area contributed by atoms with Crippen molar-refractivity contribution in [1.29, 1.82) is 0 Å². The van der Waals surface area contributed by atoms with E-state index in [4.69, 9.17) is 11.6 Å². The zero-order valence-corrected chi connectivity index (χ0v) is 12.7. The molecule has 0 spiro atoms. The van der Waals surface area contributed by atoms with Crippen LogP contribution in [0.4, 0.5) is 13.2 Å². The maximum Gasteiger partial charge on any atom is 0.161 e. The Morgan fingerprint density at radius 1 is 1.00 bits per heavy atom. The van der Waals surface area contributed by atoms with Crippen molar-refractivity contribution in [3.63, 3.8) is 0 Å². The van der Waals surface area contributed by atoms with E-state index in [1.165, 1.54) is 0 Å². The summed E-state index contributed by atoms with van der Waals surface area (Å²) in [5, 5.41) is 3.40. The van der Waals surface area contributed by atoms with Gasteiger partial charge in [0.25, 0.3) is 0 Å². The van der Waals surface area contributed by atoms with E-state index >= 15 is 0 Å². The van der Waals surface area contributed by atoms with E-state index < -0.39 is 23.5 Å². The molecule has 0 fully saturated rings. The van der Waals surface area contributed by atoms with Gasteiger partial charge in [0.05, 0.1) is 6.04 Å². The van der Waals surface area contributed by atoms with Gasteiger partial charge in [-0.15, -0.1) is 0 Å². The van der Waals surface area contributed by atoms with Crippen LogP contribution in [0.1, 0.15) is 17.2 Å². The fraction of sp³-hybridized carbons (Fsp3) is 0.143. The molecule has 0 aliphatic rings. The largest absolute Gasteiger partial charge is 0.309 e. The summed E-state index contributed by atoms with van der Waals surface area (Å²) in [5.41, 5.74) is 0.691. The van der Waals surface area contributed by atoms with Gasteiger partial charge in [0.15, 0.2) is 11.6 Å². The molecule has 0 aliphatic heterocycles. The molecule has 0 saturated heterocycles. The van der Waals surface area contributed by atoms with E-state index in [9.17, 15) is 13.2 Å². The number of hydrogen-bond donors (Lipinski definition) is 1. The first-order valence-electron chi connectivity index (χ1n) is 5.70. The van der Waals surface area contributed by atoms with Crippen LogP contribution in [-0.2, 0) is 0 Å². The van der Waals surface area contributed by atoms with E-state index in [0.717, 1.165) is 6.07 Å². The molecule has 106 valence electrons. The number of halogens is 5. The summed E-state index contributed by atoms with van der Waals surface area (Å²) in [5.74, 6) is -3.12. The van der Waals surface area contributed by atoms with Crippen LogP contribution < -0.4 is 5.32 Å². The molecule has 2 aromatic rings. The second-order valence-electron chi connectivity index (χ2n) is 4.18. The summed E-state index contributed by atoms with van der Waals surface area (Å²) < 4.78 is 40.9. The van der Waals surface area contributed by atoms with Crippen molar-refractivity contribution in [2.45, 2.75) is 6.04 Å². The first-order chi connectivity index (χ1) is 9.43. The summed E-state index contributed by atoms with van der Waals surface area (Å²) in [7, 11) is 1.60. The first-order valence-corrected chi connectivity index (χ1v) is 6.87. The fourth-order valence-electron chi connectivity index (χ4n) is 1.97. The van der Waals surface area contributed by atoms with Crippen molar-refractivity contribution >= 4 is 27.5 Å². The summed E-state index contributed by atoms with van der Waals surface area (Å²) >= 11 is 9.18. The van der Waals surface area contributed by atoms with Crippen molar-refractivity contribution < 1.29 is 13.2 Å². The summed E-state index contributed by atoms with van der Waals surface area (Å²) in [6.45, 7) is 0. The molecule has 2 rings (SSSR count). The fourth-order valence-corrected chi connectivity index (χ4v) is 2.88. The van der Waals surface area contributed by atoms with Crippen LogP contribution in [-0.4, -0.2) is 7.05 Å². The van der Waals surface area contributed by atoms with Gasteiger partial charge in [0.1, 0.15) is 5.82 Å². The van der Waals surface area contributed by atoms with Gasteiger partial charge in [-0.2, -0.15) is 0 Å². The molecule has 0 aliphatic carbocycles. The van der Waals surface area contributed by atoms with E-state index in [-0.39, 0.29) is 5.56 Å². The highest BCUT2D eigenvalue weighted by Crippen LogP contribution is 2.32. The molecule has 1 atom stereocenters. The second-order valence-corrected chi connectivity index (χ2v) is 5.47. The van der Waals surface area contributed by atoms with Gasteiger partial charge in [-0.05, 0) is 30.8 Å². The van der Waals surface area contributed by atoms with Gasteiger partial charge in [-0.1, -0.05) is 33.6 Å². The standard InChI is InChI=1S/C14H10BrClF3N/c1-20-14(8-3-2-7(16)4-10(8)15)9-5-12(18)13(19)6-11(9)17/h2-6,14,20H,1H3. The van der Waals surface area contributed by atoms with Crippen LogP contribution in [0.5, 0.6) is 0 Å². The lowest BCUT2D eigenvalue weighted by molar-refractivity contribution is 0.483. The van der Waals surface area contributed by atoms with Crippen LogP contribution >= 0.6 is 27.5 Å². The molecule has 0 radical (unpaired) electrons. The third kappa shape index (κ3) is 3.00. The third-order valence-electron chi connectivity index (χ3n) is 2.91. The molecule has 6 heteroatoms. The van der Waals surface area contributed by atoms with Crippen molar-refractivity contribution in [2.75, 3.05) is 7.05 Å². The normalized spacial score (nSPS) is 12.5. The van der Waals surface area contributed by atoms with Crippen molar-refractivity contribution in [1.82, 2.24) is 5.32 Å². The number of hydrogen-bond acceptors (Lipinski definition) is 1. The van der Waals surface area contributed by atoms with Crippen LogP contribution in [0.15, 0.2) is 34.8 Å². The molecule has 20 heavy (non-hydrogen) atoms. The second kappa shape index (κ2) is 6.16. The minimum atomic E-state index is -1.21. The Bertz CT molecular complexity index is 649. The average Bonchev–Trinajstić information content (AvgIpc) is 2.38. The Morgan fingerprint density at radius 2 is 1.65 bits per heavy atom. The van der Waals surface area contributed by atoms with E-state index in [1.54, 1.807) is 25.2 Å².